The van der Waals surface area contributed by atoms with Crippen LogP contribution in [-0.4, -0.2) is 60.3 Å². The fraction of sp³-hybridized carbons (Fsp3) is 1.00. The van der Waals surface area contributed by atoms with Crippen molar-refractivity contribution in [1.29, 1.82) is 0 Å². The third-order valence-corrected chi connectivity index (χ3v) is 5.67. The first kappa shape index (κ1) is 12.3. The molecule has 3 nitrogen and oxygen atoms in total. The Balaban J connectivity index is 1.62. The normalized spacial score (nSPS) is 44.3. The summed E-state index contributed by atoms with van der Waals surface area (Å²) in [5.74, 6) is 2.52. The molecule has 3 aliphatic rings. The third-order valence-electron chi connectivity index (χ3n) is 4.45. The molecule has 3 atom stereocenters. The fourth-order valence-corrected chi connectivity index (χ4v) is 4.85. The monoisotopic (exact) mass is 256 g/mol. The summed E-state index contributed by atoms with van der Waals surface area (Å²) in [5, 5.41) is 3.54. The topological polar surface area (TPSA) is 24.5 Å². The Morgan fingerprint density at radius 2 is 2.41 bits per heavy atom. The molecule has 3 fully saturated rings. The van der Waals surface area contributed by atoms with E-state index in [-0.39, 0.29) is 5.60 Å². The highest BCUT2D eigenvalue weighted by Gasteiger charge is 2.42. The molecule has 1 N–H and O–H groups in total. The fourth-order valence-electron chi connectivity index (χ4n) is 3.47. The van der Waals surface area contributed by atoms with Gasteiger partial charge in [0, 0.05) is 44.1 Å². The predicted molar refractivity (Wildman–Crippen MR) is 72.7 cm³/mol. The van der Waals surface area contributed by atoms with Crippen molar-refractivity contribution < 1.29 is 4.74 Å². The van der Waals surface area contributed by atoms with Crippen molar-refractivity contribution >= 4 is 11.8 Å². The lowest BCUT2D eigenvalue weighted by atomic mass is 9.88. The number of hydrogen-bond acceptors (Lipinski definition) is 4. The van der Waals surface area contributed by atoms with Gasteiger partial charge in [0.1, 0.15) is 0 Å². The van der Waals surface area contributed by atoms with Gasteiger partial charge in [-0.3, -0.25) is 4.90 Å². The highest BCUT2D eigenvalue weighted by atomic mass is 32.2. The summed E-state index contributed by atoms with van der Waals surface area (Å²) in [5.41, 5.74) is 0.238. The lowest BCUT2D eigenvalue weighted by molar-refractivity contribution is -0.0920. The molecule has 0 radical (unpaired) electrons. The first-order valence-electron chi connectivity index (χ1n) is 6.97. The molecule has 0 aromatic rings. The highest BCUT2D eigenvalue weighted by Crippen LogP contribution is 2.39. The van der Waals surface area contributed by atoms with Gasteiger partial charge < -0.3 is 10.1 Å². The lowest BCUT2D eigenvalue weighted by Gasteiger charge is -2.45. The maximum atomic E-state index is 6.11. The zero-order chi connectivity index (χ0) is 11.7. The maximum Gasteiger partial charge on any atom is 0.0795 e. The van der Waals surface area contributed by atoms with Crippen LogP contribution in [0.25, 0.3) is 0 Å². The van der Waals surface area contributed by atoms with Gasteiger partial charge in [0.25, 0.3) is 0 Å². The van der Waals surface area contributed by atoms with Crippen LogP contribution in [0, 0.1) is 0 Å². The molecule has 0 saturated carbocycles. The van der Waals surface area contributed by atoms with Gasteiger partial charge in [-0.15, -0.1) is 0 Å². The molecular weight excluding hydrogens is 232 g/mol. The van der Waals surface area contributed by atoms with Crippen LogP contribution >= 0.6 is 11.8 Å². The Hall–Kier alpha value is 0.230. The Kier molecular flexibility index (Phi) is 3.67. The second-order valence-electron chi connectivity index (χ2n) is 5.83. The number of thioether (sulfide) groups is 1. The van der Waals surface area contributed by atoms with Gasteiger partial charge in [0.05, 0.1) is 5.60 Å². The molecule has 0 amide bonds. The quantitative estimate of drug-likeness (QED) is 0.765. The van der Waals surface area contributed by atoms with E-state index in [1.54, 1.807) is 0 Å². The molecule has 0 aromatic carbocycles. The number of piperazine rings is 1. The Morgan fingerprint density at radius 3 is 3.18 bits per heavy atom. The molecule has 4 heteroatoms. The van der Waals surface area contributed by atoms with Gasteiger partial charge in [0.2, 0.25) is 0 Å². The number of nitrogens with one attached hydrogen (secondary N) is 1. The largest absolute Gasteiger partial charge is 0.374 e. The highest BCUT2D eigenvalue weighted by molar-refractivity contribution is 7.99. The van der Waals surface area contributed by atoms with Crippen molar-refractivity contribution in [3.8, 4) is 0 Å². The van der Waals surface area contributed by atoms with Gasteiger partial charge in [-0.1, -0.05) is 0 Å². The van der Waals surface area contributed by atoms with Crippen LogP contribution in [-0.2, 0) is 4.74 Å². The standard InChI is InChI=1S/C13H24N2OS/c1-11-9-15(5-4-14-11)12-2-6-16-13(8-12)3-7-17-10-13/h11-12,14H,2-10H2,1H3/t11-,12?,13?/m0/s1. The predicted octanol–water partition coefficient (Wildman–Crippen LogP) is 1.33. The summed E-state index contributed by atoms with van der Waals surface area (Å²) < 4.78 is 6.11. The van der Waals surface area contributed by atoms with Crippen molar-refractivity contribution in [1.82, 2.24) is 10.2 Å². The molecule has 3 aliphatic heterocycles. The summed E-state index contributed by atoms with van der Waals surface area (Å²) in [4.78, 5) is 2.70. The van der Waals surface area contributed by atoms with E-state index in [9.17, 15) is 0 Å². The molecule has 3 rings (SSSR count). The van der Waals surface area contributed by atoms with Crippen LogP contribution in [0.2, 0.25) is 0 Å². The summed E-state index contributed by atoms with van der Waals surface area (Å²) in [6, 6.07) is 1.42. The maximum absolute atomic E-state index is 6.11. The van der Waals surface area contributed by atoms with Gasteiger partial charge >= 0.3 is 0 Å². The zero-order valence-corrected chi connectivity index (χ0v) is 11.6. The molecule has 0 bridgehead atoms. The van der Waals surface area contributed by atoms with E-state index in [2.05, 4.69) is 28.9 Å². The van der Waals surface area contributed by atoms with E-state index >= 15 is 0 Å². The van der Waals surface area contributed by atoms with Crippen LogP contribution < -0.4 is 5.32 Å². The van der Waals surface area contributed by atoms with Crippen LogP contribution in [0.5, 0.6) is 0 Å². The van der Waals surface area contributed by atoms with E-state index < -0.39 is 0 Å². The molecule has 0 aliphatic carbocycles. The van der Waals surface area contributed by atoms with E-state index in [0.29, 0.717) is 6.04 Å². The van der Waals surface area contributed by atoms with Gasteiger partial charge in [-0.05, 0) is 31.9 Å². The first-order chi connectivity index (χ1) is 8.27. The average molecular weight is 256 g/mol. The smallest absolute Gasteiger partial charge is 0.0795 e. The van der Waals surface area contributed by atoms with E-state index in [1.807, 2.05) is 0 Å². The molecule has 3 heterocycles. The molecule has 1 spiro atoms. The molecule has 3 saturated heterocycles. The van der Waals surface area contributed by atoms with Crippen molar-refractivity contribution in [2.75, 3.05) is 37.7 Å². The minimum atomic E-state index is 0.238. The average Bonchev–Trinajstić information content (AvgIpc) is 2.77. The first-order valence-corrected chi connectivity index (χ1v) is 8.12. The lowest BCUT2D eigenvalue weighted by Crippen LogP contribution is -2.56. The number of hydrogen-bond donors (Lipinski definition) is 1. The van der Waals surface area contributed by atoms with Crippen molar-refractivity contribution in [2.45, 2.75) is 43.9 Å². The summed E-state index contributed by atoms with van der Waals surface area (Å²) >= 11 is 2.07. The number of ether oxygens (including phenoxy) is 1. The summed E-state index contributed by atoms with van der Waals surface area (Å²) in [7, 11) is 0. The van der Waals surface area contributed by atoms with Crippen LogP contribution in [0.1, 0.15) is 26.2 Å². The molecular formula is C13H24N2OS. The number of rotatable bonds is 1. The number of nitrogens with zero attached hydrogens (tertiary/aromatic N) is 1. The second-order valence-corrected chi connectivity index (χ2v) is 6.94. The van der Waals surface area contributed by atoms with E-state index in [0.717, 1.165) is 19.2 Å². The summed E-state index contributed by atoms with van der Waals surface area (Å²) in [6.07, 6.45) is 3.78. The molecule has 2 unspecified atom stereocenters. The third kappa shape index (κ3) is 2.65. The Labute approximate surface area is 109 Å². The van der Waals surface area contributed by atoms with Crippen LogP contribution in [0.3, 0.4) is 0 Å². The van der Waals surface area contributed by atoms with Crippen LogP contribution in [0.4, 0.5) is 0 Å². The zero-order valence-electron chi connectivity index (χ0n) is 10.8. The minimum Gasteiger partial charge on any atom is -0.374 e. The van der Waals surface area contributed by atoms with Gasteiger partial charge in [0.15, 0.2) is 0 Å². The molecule has 17 heavy (non-hydrogen) atoms. The van der Waals surface area contributed by atoms with Gasteiger partial charge in [-0.2, -0.15) is 11.8 Å². The second kappa shape index (κ2) is 5.08. The van der Waals surface area contributed by atoms with Crippen molar-refractivity contribution in [3.05, 3.63) is 0 Å². The molecule has 98 valence electrons. The Bertz CT molecular complexity index is 268. The van der Waals surface area contributed by atoms with Gasteiger partial charge in [-0.25, -0.2) is 0 Å². The van der Waals surface area contributed by atoms with E-state index in [4.69, 9.17) is 4.74 Å². The summed E-state index contributed by atoms with van der Waals surface area (Å²) in [6.45, 7) is 6.86. The van der Waals surface area contributed by atoms with E-state index in [1.165, 1.54) is 43.9 Å². The minimum absolute atomic E-state index is 0.238. The van der Waals surface area contributed by atoms with Crippen molar-refractivity contribution in [2.24, 2.45) is 0 Å². The van der Waals surface area contributed by atoms with Crippen LogP contribution in [0.15, 0.2) is 0 Å². The Morgan fingerprint density at radius 1 is 1.47 bits per heavy atom. The SMILES string of the molecule is C[C@H]1CN(C2CCOC3(CCSC3)C2)CCN1. The molecule has 0 aromatic heterocycles. The van der Waals surface area contributed by atoms with Crippen molar-refractivity contribution in [3.63, 3.8) is 0 Å².